The second-order valence-corrected chi connectivity index (χ2v) is 5.69. The third kappa shape index (κ3) is 3.33. The van der Waals surface area contributed by atoms with Gasteiger partial charge < -0.3 is 0 Å². The molecule has 0 saturated heterocycles. The molecule has 2 aromatic carbocycles. The van der Waals surface area contributed by atoms with Gasteiger partial charge >= 0.3 is 0 Å². The number of rotatable bonds is 3. The van der Waals surface area contributed by atoms with Crippen LogP contribution in [-0.2, 0) is 6.42 Å². The van der Waals surface area contributed by atoms with E-state index in [1.54, 1.807) is 12.1 Å². The van der Waals surface area contributed by atoms with Crippen molar-refractivity contribution in [1.29, 1.82) is 0 Å². The van der Waals surface area contributed by atoms with Crippen LogP contribution in [0.5, 0.6) is 0 Å². The Hall–Kier alpha value is -0.860. The molecule has 0 aliphatic carbocycles. The highest BCUT2D eigenvalue weighted by Crippen LogP contribution is 2.28. The lowest BCUT2D eigenvalue weighted by Gasteiger charge is -2.11. The Labute approximate surface area is 120 Å². The van der Waals surface area contributed by atoms with Crippen LogP contribution in [-0.4, -0.2) is 0 Å². The molecule has 0 spiro atoms. The quantitative estimate of drug-likeness (QED) is 0.660. The molecule has 0 aliphatic rings. The number of hydrogen-bond donors (Lipinski definition) is 0. The van der Waals surface area contributed by atoms with Gasteiger partial charge in [0.1, 0.15) is 5.82 Å². The van der Waals surface area contributed by atoms with Gasteiger partial charge in [-0.05, 0) is 48.2 Å². The average molecular weight is 328 g/mol. The van der Waals surface area contributed by atoms with E-state index in [0.29, 0.717) is 6.42 Å². The zero-order chi connectivity index (χ0) is 13.1. The highest BCUT2D eigenvalue weighted by atomic mass is 79.9. The van der Waals surface area contributed by atoms with Gasteiger partial charge in [-0.15, -0.1) is 11.6 Å². The Morgan fingerprint density at radius 1 is 1.17 bits per heavy atom. The summed E-state index contributed by atoms with van der Waals surface area (Å²) in [5, 5.41) is -0.104. The minimum absolute atomic E-state index is 0.104. The molecule has 0 aromatic heterocycles. The third-order valence-corrected chi connectivity index (χ3v) is 4.15. The molecule has 0 aliphatic heterocycles. The molecule has 2 aromatic rings. The zero-order valence-electron chi connectivity index (χ0n) is 9.96. The van der Waals surface area contributed by atoms with Gasteiger partial charge in [-0.25, -0.2) is 4.39 Å². The van der Waals surface area contributed by atoms with Crippen LogP contribution in [0.25, 0.3) is 0 Å². The smallest absolute Gasteiger partial charge is 0.123 e. The molecule has 0 bridgehead atoms. The maximum atomic E-state index is 12.8. The predicted octanol–water partition coefficient (Wildman–Crippen LogP) is 5.42. The number of alkyl halides is 1. The van der Waals surface area contributed by atoms with Crippen molar-refractivity contribution < 1.29 is 4.39 Å². The summed E-state index contributed by atoms with van der Waals surface area (Å²) in [6.45, 7) is 2.04. The summed E-state index contributed by atoms with van der Waals surface area (Å²) < 4.78 is 13.9. The lowest BCUT2D eigenvalue weighted by molar-refractivity contribution is 0.627. The Morgan fingerprint density at radius 3 is 2.44 bits per heavy atom. The third-order valence-electron chi connectivity index (χ3n) is 2.89. The fraction of sp³-hybridized carbons (Fsp3) is 0.200. The fourth-order valence-electron chi connectivity index (χ4n) is 1.75. The number of benzene rings is 2. The molecule has 94 valence electrons. The van der Waals surface area contributed by atoms with Crippen molar-refractivity contribution in [1.82, 2.24) is 0 Å². The topological polar surface area (TPSA) is 0 Å². The van der Waals surface area contributed by atoms with E-state index in [1.165, 1.54) is 17.7 Å². The van der Waals surface area contributed by atoms with E-state index in [9.17, 15) is 4.39 Å². The van der Waals surface area contributed by atoms with E-state index >= 15 is 0 Å². The van der Waals surface area contributed by atoms with Gasteiger partial charge in [0.2, 0.25) is 0 Å². The molecule has 1 atom stereocenters. The Kier molecular flexibility index (Phi) is 4.41. The molecule has 0 heterocycles. The molecule has 2 rings (SSSR count). The van der Waals surface area contributed by atoms with Crippen LogP contribution in [0.4, 0.5) is 4.39 Å². The number of aryl methyl sites for hydroxylation is 1. The van der Waals surface area contributed by atoms with E-state index in [0.717, 1.165) is 15.6 Å². The molecule has 0 fully saturated rings. The van der Waals surface area contributed by atoms with Crippen molar-refractivity contribution >= 4 is 27.5 Å². The molecule has 0 radical (unpaired) electrons. The monoisotopic (exact) mass is 326 g/mol. The summed E-state index contributed by atoms with van der Waals surface area (Å²) in [7, 11) is 0. The molecule has 0 amide bonds. The second-order valence-electron chi connectivity index (χ2n) is 4.31. The first-order valence-corrected chi connectivity index (χ1v) is 6.94. The van der Waals surface area contributed by atoms with Gasteiger partial charge in [0, 0.05) is 4.47 Å². The first-order chi connectivity index (χ1) is 8.56. The van der Waals surface area contributed by atoms with Crippen LogP contribution in [0.15, 0.2) is 46.9 Å². The Balaban J connectivity index is 2.13. The molecular weight excluding hydrogens is 315 g/mol. The number of hydrogen-bond acceptors (Lipinski definition) is 0. The summed E-state index contributed by atoms with van der Waals surface area (Å²) in [5.74, 6) is -0.219. The van der Waals surface area contributed by atoms with Crippen molar-refractivity contribution in [3.8, 4) is 0 Å². The molecule has 0 nitrogen and oxygen atoms in total. The van der Waals surface area contributed by atoms with Crippen LogP contribution < -0.4 is 0 Å². The van der Waals surface area contributed by atoms with Crippen LogP contribution in [0, 0.1) is 12.7 Å². The lowest BCUT2D eigenvalue weighted by atomic mass is 10.0. The van der Waals surface area contributed by atoms with Crippen molar-refractivity contribution in [2.24, 2.45) is 0 Å². The summed E-state index contributed by atoms with van der Waals surface area (Å²) in [5.41, 5.74) is 3.29. The van der Waals surface area contributed by atoms with Crippen LogP contribution in [0.1, 0.15) is 22.1 Å². The van der Waals surface area contributed by atoms with Crippen LogP contribution >= 0.6 is 27.5 Å². The van der Waals surface area contributed by atoms with E-state index in [1.807, 2.05) is 25.1 Å². The minimum Gasteiger partial charge on any atom is -0.207 e. The molecule has 0 N–H and O–H groups in total. The second kappa shape index (κ2) is 5.85. The fourth-order valence-corrected chi connectivity index (χ4v) is 2.46. The van der Waals surface area contributed by atoms with Gasteiger partial charge in [-0.2, -0.15) is 0 Å². The van der Waals surface area contributed by atoms with Crippen LogP contribution in [0.3, 0.4) is 0 Å². The van der Waals surface area contributed by atoms with Crippen molar-refractivity contribution in [3.05, 3.63) is 69.4 Å². The van der Waals surface area contributed by atoms with Crippen molar-refractivity contribution in [2.75, 3.05) is 0 Å². The van der Waals surface area contributed by atoms with E-state index in [2.05, 4.69) is 15.9 Å². The van der Waals surface area contributed by atoms with Gasteiger partial charge in [-0.3, -0.25) is 0 Å². The normalized spacial score (nSPS) is 12.4. The van der Waals surface area contributed by atoms with Gasteiger partial charge in [-0.1, -0.05) is 40.2 Å². The van der Waals surface area contributed by atoms with E-state index < -0.39 is 0 Å². The largest absolute Gasteiger partial charge is 0.207 e. The van der Waals surface area contributed by atoms with Crippen LogP contribution in [0.2, 0.25) is 0 Å². The standard InChI is InChI=1S/C15H13BrClF/c1-10-2-5-12(9-14(10)16)15(17)8-11-3-6-13(18)7-4-11/h2-7,9,15H,8H2,1H3. The SMILES string of the molecule is Cc1ccc(C(Cl)Cc2ccc(F)cc2)cc1Br. The Morgan fingerprint density at radius 2 is 1.83 bits per heavy atom. The molecule has 0 saturated carbocycles. The lowest BCUT2D eigenvalue weighted by Crippen LogP contribution is -1.96. The summed E-state index contributed by atoms with van der Waals surface area (Å²) in [6, 6.07) is 12.6. The summed E-state index contributed by atoms with van der Waals surface area (Å²) in [4.78, 5) is 0. The van der Waals surface area contributed by atoms with Gasteiger partial charge in [0.15, 0.2) is 0 Å². The molecule has 3 heteroatoms. The minimum atomic E-state index is -0.219. The molecular formula is C15H13BrClF. The Bertz CT molecular complexity index is 537. The molecule has 18 heavy (non-hydrogen) atoms. The average Bonchev–Trinajstić information content (AvgIpc) is 2.35. The van der Waals surface area contributed by atoms with E-state index in [-0.39, 0.29) is 11.2 Å². The summed E-state index contributed by atoms with van der Waals surface area (Å²) in [6.07, 6.45) is 0.692. The first-order valence-electron chi connectivity index (χ1n) is 5.71. The first kappa shape index (κ1) is 13.6. The van der Waals surface area contributed by atoms with Crippen molar-refractivity contribution in [3.63, 3.8) is 0 Å². The highest BCUT2D eigenvalue weighted by molar-refractivity contribution is 9.10. The van der Waals surface area contributed by atoms with Crippen molar-refractivity contribution in [2.45, 2.75) is 18.7 Å². The zero-order valence-corrected chi connectivity index (χ0v) is 12.3. The van der Waals surface area contributed by atoms with Gasteiger partial charge in [0.05, 0.1) is 5.38 Å². The maximum Gasteiger partial charge on any atom is 0.123 e. The van der Waals surface area contributed by atoms with Gasteiger partial charge in [0.25, 0.3) is 0 Å². The predicted molar refractivity (Wildman–Crippen MR) is 77.6 cm³/mol. The van der Waals surface area contributed by atoms with E-state index in [4.69, 9.17) is 11.6 Å². The molecule has 1 unspecified atom stereocenters. The number of halogens is 3. The highest BCUT2D eigenvalue weighted by Gasteiger charge is 2.10. The maximum absolute atomic E-state index is 12.8. The summed E-state index contributed by atoms with van der Waals surface area (Å²) >= 11 is 9.89.